The molecule has 4 fully saturated rings. The predicted octanol–water partition coefficient (Wildman–Crippen LogP) is 2.98. The van der Waals surface area contributed by atoms with Crippen LogP contribution in [-0.2, 0) is 14.3 Å². The maximum Gasteiger partial charge on any atom is 0.397 e. The maximum absolute atomic E-state index is 12.9. The van der Waals surface area contributed by atoms with Crippen molar-refractivity contribution in [3.63, 3.8) is 0 Å². The zero-order valence-electron chi connectivity index (χ0n) is 16.7. The predicted molar refractivity (Wildman–Crippen MR) is 95.2 cm³/mol. The molecule has 1 amide bonds. The van der Waals surface area contributed by atoms with Gasteiger partial charge in [-0.3, -0.25) is 14.5 Å². The van der Waals surface area contributed by atoms with E-state index in [9.17, 15) is 22.8 Å². The fourth-order valence-corrected chi connectivity index (χ4v) is 5.19. The number of ether oxygens (including phenoxy) is 1. The highest BCUT2D eigenvalue weighted by atomic mass is 19.4. The molecule has 3 aliphatic heterocycles. The Morgan fingerprint density at radius 2 is 1.71 bits per heavy atom. The van der Waals surface area contributed by atoms with Gasteiger partial charge >= 0.3 is 12.1 Å². The number of carbonyl (C=O) groups excluding carboxylic acids is 2. The molecule has 5 nitrogen and oxygen atoms in total. The molecule has 2 unspecified atom stereocenters. The number of amides is 1. The Kier molecular flexibility index (Phi) is 4.71. The quantitative estimate of drug-likeness (QED) is 0.679. The van der Waals surface area contributed by atoms with Gasteiger partial charge in [-0.15, -0.1) is 0 Å². The van der Waals surface area contributed by atoms with Crippen LogP contribution in [-0.4, -0.2) is 65.2 Å². The van der Waals surface area contributed by atoms with E-state index in [4.69, 9.17) is 4.74 Å². The van der Waals surface area contributed by atoms with E-state index >= 15 is 0 Å². The van der Waals surface area contributed by atoms with E-state index in [1.807, 2.05) is 0 Å². The second kappa shape index (κ2) is 6.61. The smallest absolute Gasteiger partial charge is 0.397 e. The Labute approximate surface area is 163 Å². The van der Waals surface area contributed by atoms with Gasteiger partial charge in [0.25, 0.3) is 0 Å². The summed E-state index contributed by atoms with van der Waals surface area (Å²) in [5.74, 6) is -0.448. The number of halogens is 3. The minimum absolute atomic E-state index is 0.00402. The topological polar surface area (TPSA) is 49.9 Å². The van der Waals surface area contributed by atoms with Crippen molar-refractivity contribution < 1.29 is 27.5 Å². The number of hydrogen-bond donors (Lipinski definition) is 0. The van der Waals surface area contributed by atoms with E-state index in [-0.39, 0.29) is 24.0 Å². The molecule has 0 aromatic heterocycles. The first kappa shape index (κ1) is 20.0. The Morgan fingerprint density at radius 3 is 2.29 bits per heavy atom. The summed E-state index contributed by atoms with van der Waals surface area (Å²) in [4.78, 5) is 28.9. The van der Waals surface area contributed by atoms with E-state index in [1.54, 1.807) is 20.8 Å². The van der Waals surface area contributed by atoms with Crippen LogP contribution in [0.3, 0.4) is 0 Å². The van der Waals surface area contributed by atoms with E-state index < -0.39 is 36.1 Å². The molecule has 5 atom stereocenters. The molecule has 8 heteroatoms. The molecular weight excluding hydrogens is 373 g/mol. The first-order valence-electron chi connectivity index (χ1n) is 10.3. The molecule has 0 aromatic carbocycles. The monoisotopic (exact) mass is 402 g/mol. The molecule has 0 aromatic rings. The van der Waals surface area contributed by atoms with Crippen LogP contribution >= 0.6 is 0 Å². The Hall–Kier alpha value is -1.31. The average molecular weight is 402 g/mol. The molecule has 28 heavy (non-hydrogen) atoms. The number of hydrogen-bond acceptors (Lipinski definition) is 4. The van der Waals surface area contributed by atoms with Gasteiger partial charge in [-0.05, 0) is 58.3 Å². The molecule has 4 aliphatic rings. The van der Waals surface area contributed by atoms with Crippen LogP contribution in [0.2, 0.25) is 0 Å². The Bertz CT molecular complexity index is 656. The molecule has 0 radical (unpaired) electrons. The Balaban J connectivity index is 1.62. The van der Waals surface area contributed by atoms with E-state index in [1.165, 1.54) is 17.7 Å². The van der Waals surface area contributed by atoms with Crippen LogP contribution in [0.5, 0.6) is 0 Å². The summed E-state index contributed by atoms with van der Waals surface area (Å²) in [7, 11) is 0. The fraction of sp³-hybridized carbons (Fsp3) is 0.900. The molecule has 3 heterocycles. The minimum Gasteiger partial charge on any atom is -0.458 e. The molecule has 0 N–H and O–H groups in total. The van der Waals surface area contributed by atoms with Crippen LogP contribution in [0.4, 0.5) is 13.2 Å². The van der Waals surface area contributed by atoms with Crippen molar-refractivity contribution in [1.29, 1.82) is 0 Å². The summed E-state index contributed by atoms with van der Waals surface area (Å²) in [6.07, 6.45) is -2.53. The zero-order valence-corrected chi connectivity index (χ0v) is 16.7. The summed E-state index contributed by atoms with van der Waals surface area (Å²) >= 11 is 0. The van der Waals surface area contributed by atoms with Crippen LogP contribution in [0.15, 0.2) is 0 Å². The van der Waals surface area contributed by atoms with Crippen molar-refractivity contribution >= 4 is 11.9 Å². The van der Waals surface area contributed by atoms with Crippen molar-refractivity contribution in [2.45, 2.75) is 83.3 Å². The second-order valence-corrected chi connectivity index (χ2v) is 10.1. The largest absolute Gasteiger partial charge is 0.458 e. The van der Waals surface area contributed by atoms with Gasteiger partial charge in [0, 0.05) is 25.2 Å². The first-order valence-corrected chi connectivity index (χ1v) is 10.3. The number of likely N-dealkylation sites (tertiary alicyclic amines) is 1. The highest BCUT2D eigenvalue weighted by Gasteiger charge is 2.61. The van der Waals surface area contributed by atoms with Crippen LogP contribution in [0, 0.1) is 17.3 Å². The van der Waals surface area contributed by atoms with Gasteiger partial charge in [-0.25, -0.2) is 0 Å². The highest BCUT2D eigenvalue weighted by molar-refractivity contribution is 5.78. The molecule has 158 valence electrons. The van der Waals surface area contributed by atoms with Crippen LogP contribution in [0.25, 0.3) is 0 Å². The number of piperidine rings is 2. The molecule has 0 spiro atoms. The van der Waals surface area contributed by atoms with Gasteiger partial charge in [-0.1, -0.05) is 0 Å². The number of fused-ring (bicyclic) bond motifs is 2. The van der Waals surface area contributed by atoms with Crippen molar-refractivity contribution in [3.8, 4) is 0 Å². The molecular formula is C20H29F3N2O3. The SMILES string of the molecule is CC(C)(C)C(=O)O[C@@H]1C2[C@H]3CC(C[C@@H]1N3CC1CC1)CN2C(=O)CC(F)(F)F. The van der Waals surface area contributed by atoms with Crippen molar-refractivity contribution in [3.05, 3.63) is 0 Å². The average Bonchev–Trinajstić information content (AvgIpc) is 3.34. The molecule has 3 saturated heterocycles. The number of rotatable bonds is 4. The zero-order chi connectivity index (χ0) is 20.4. The Morgan fingerprint density at radius 1 is 1.07 bits per heavy atom. The molecule has 4 rings (SSSR count). The van der Waals surface area contributed by atoms with Crippen LogP contribution in [0.1, 0.15) is 52.9 Å². The summed E-state index contributed by atoms with van der Waals surface area (Å²) < 4.78 is 44.6. The normalized spacial score (nSPS) is 35.4. The van der Waals surface area contributed by atoms with Crippen LogP contribution < -0.4 is 0 Å². The maximum atomic E-state index is 12.9. The first-order chi connectivity index (χ1) is 12.9. The van der Waals surface area contributed by atoms with Crippen molar-refractivity contribution in [1.82, 2.24) is 9.80 Å². The van der Waals surface area contributed by atoms with E-state index in [2.05, 4.69) is 4.90 Å². The van der Waals surface area contributed by atoms with E-state index in [0.29, 0.717) is 12.5 Å². The summed E-state index contributed by atoms with van der Waals surface area (Å²) in [6.45, 7) is 6.53. The molecule has 1 saturated carbocycles. The summed E-state index contributed by atoms with van der Waals surface area (Å²) in [5.41, 5.74) is -0.698. The standard InChI is InChI=1S/C20H29F3N2O3/c1-19(2,3)18(27)28-17-14-7-12-6-13(24(14)9-11-4-5-11)16(17)25(10-12)15(26)8-20(21,22)23/h11-14,16-17H,4-10H2,1-3H3/t12?,13-,14+,16?,17+/m1/s1. The van der Waals surface area contributed by atoms with Crippen molar-refractivity contribution in [2.24, 2.45) is 17.3 Å². The molecule has 3 bridgehead atoms. The fourth-order valence-electron chi connectivity index (χ4n) is 5.19. The lowest BCUT2D eigenvalue weighted by atomic mass is 9.86. The number of carbonyl (C=O) groups is 2. The number of alkyl halides is 3. The number of esters is 1. The van der Waals surface area contributed by atoms with Gasteiger partial charge in [-0.2, -0.15) is 13.2 Å². The van der Waals surface area contributed by atoms with Crippen molar-refractivity contribution in [2.75, 3.05) is 13.1 Å². The van der Waals surface area contributed by atoms with Gasteiger partial charge in [0.15, 0.2) is 0 Å². The lowest BCUT2D eigenvalue weighted by Gasteiger charge is -2.46. The lowest BCUT2D eigenvalue weighted by Crippen LogP contribution is -2.58. The van der Waals surface area contributed by atoms with E-state index in [0.717, 1.165) is 19.4 Å². The minimum atomic E-state index is -4.53. The van der Waals surface area contributed by atoms with Gasteiger partial charge in [0.05, 0.1) is 11.5 Å². The number of nitrogens with zero attached hydrogens (tertiary/aromatic N) is 2. The third-order valence-electron chi connectivity index (χ3n) is 6.62. The summed E-state index contributed by atoms with van der Waals surface area (Å²) in [5, 5.41) is 0. The third-order valence-corrected chi connectivity index (χ3v) is 6.62. The van der Waals surface area contributed by atoms with Gasteiger partial charge < -0.3 is 9.64 Å². The van der Waals surface area contributed by atoms with Gasteiger partial charge in [0.2, 0.25) is 5.91 Å². The second-order valence-electron chi connectivity index (χ2n) is 10.1. The lowest BCUT2D eigenvalue weighted by molar-refractivity contribution is -0.171. The van der Waals surface area contributed by atoms with Gasteiger partial charge in [0.1, 0.15) is 12.5 Å². The highest BCUT2D eigenvalue weighted by Crippen LogP contribution is 2.49. The summed E-state index contributed by atoms with van der Waals surface area (Å²) in [6, 6.07) is -0.471. The third kappa shape index (κ3) is 3.76. The molecule has 1 aliphatic carbocycles.